The maximum atomic E-state index is 13.6. The third kappa shape index (κ3) is 7.50. The van der Waals surface area contributed by atoms with Crippen LogP contribution in [0.25, 0.3) is 0 Å². The predicted octanol–water partition coefficient (Wildman–Crippen LogP) is 4.75. The number of benzene rings is 2. The van der Waals surface area contributed by atoms with Crippen LogP contribution < -0.4 is 9.62 Å². The summed E-state index contributed by atoms with van der Waals surface area (Å²) in [6, 6.07) is 11.0. The number of hydrogen-bond donors (Lipinski definition) is 1. The summed E-state index contributed by atoms with van der Waals surface area (Å²) in [7, 11) is -3.94. The zero-order chi connectivity index (χ0) is 25.5. The molecule has 186 valence electrons. The quantitative estimate of drug-likeness (QED) is 0.411. The summed E-state index contributed by atoms with van der Waals surface area (Å²) in [5, 5.41) is 3.09. The molecule has 0 saturated heterocycles. The first-order valence-corrected chi connectivity index (χ1v) is 13.7. The van der Waals surface area contributed by atoms with Crippen molar-refractivity contribution in [1.82, 2.24) is 10.2 Å². The van der Waals surface area contributed by atoms with E-state index in [0.29, 0.717) is 13.0 Å². The lowest BCUT2D eigenvalue weighted by molar-refractivity contribution is -0.140. The third-order valence-corrected chi connectivity index (χ3v) is 7.22. The summed E-state index contributed by atoms with van der Waals surface area (Å²) in [4.78, 5) is 27.8. The number of nitrogens with one attached hydrogen (secondary N) is 1. The summed E-state index contributed by atoms with van der Waals surface area (Å²) in [6.45, 7) is 3.76. The lowest BCUT2D eigenvalue weighted by Gasteiger charge is -2.33. The second-order valence-corrected chi connectivity index (χ2v) is 10.8. The highest BCUT2D eigenvalue weighted by atomic mass is 35.5. The van der Waals surface area contributed by atoms with Gasteiger partial charge < -0.3 is 10.2 Å². The van der Waals surface area contributed by atoms with Crippen molar-refractivity contribution in [3.05, 3.63) is 63.1 Å². The fourth-order valence-corrected chi connectivity index (χ4v) is 4.91. The molecular weight excluding hydrogens is 521 g/mol. The summed E-state index contributed by atoms with van der Waals surface area (Å²) in [6.07, 6.45) is 2.05. The first kappa shape index (κ1) is 28.2. The van der Waals surface area contributed by atoms with E-state index in [0.717, 1.165) is 22.5 Å². The molecule has 0 aliphatic heterocycles. The maximum Gasteiger partial charge on any atom is 0.244 e. The molecule has 2 amide bonds. The van der Waals surface area contributed by atoms with Crippen molar-refractivity contribution < 1.29 is 18.0 Å². The van der Waals surface area contributed by atoms with E-state index in [4.69, 9.17) is 34.8 Å². The number of sulfonamides is 1. The fraction of sp³-hybridized carbons (Fsp3) is 0.391. The van der Waals surface area contributed by atoms with Gasteiger partial charge in [0, 0.05) is 13.1 Å². The van der Waals surface area contributed by atoms with Crippen LogP contribution in [0.2, 0.25) is 15.1 Å². The van der Waals surface area contributed by atoms with Gasteiger partial charge in [-0.2, -0.15) is 0 Å². The largest absolute Gasteiger partial charge is 0.354 e. The van der Waals surface area contributed by atoms with Gasteiger partial charge in [0.25, 0.3) is 0 Å². The minimum atomic E-state index is -3.94. The van der Waals surface area contributed by atoms with Crippen LogP contribution >= 0.6 is 34.8 Å². The van der Waals surface area contributed by atoms with Crippen LogP contribution in [0.4, 0.5) is 5.69 Å². The molecule has 0 fully saturated rings. The van der Waals surface area contributed by atoms with Gasteiger partial charge in [-0.25, -0.2) is 8.42 Å². The zero-order valence-corrected chi connectivity index (χ0v) is 22.3. The highest BCUT2D eigenvalue weighted by Crippen LogP contribution is 2.35. The van der Waals surface area contributed by atoms with Crippen molar-refractivity contribution in [2.24, 2.45) is 0 Å². The van der Waals surface area contributed by atoms with Crippen LogP contribution in [0.1, 0.15) is 32.3 Å². The molecular formula is C23H28Cl3N3O4S. The Morgan fingerprint density at radius 1 is 1.00 bits per heavy atom. The number of halogens is 3. The maximum absolute atomic E-state index is 13.6. The SMILES string of the molecule is CCCNC(=O)[C@@H](CC)N(Cc1ccccc1)C(=O)CN(c1cc(Cl)c(Cl)cc1Cl)S(C)(=O)=O. The van der Waals surface area contributed by atoms with Gasteiger partial charge in [0.05, 0.1) is 27.0 Å². The van der Waals surface area contributed by atoms with Crippen molar-refractivity contribution in [3.8, 4) is 0 Å². The summed E-state index contributed by atoms with van der Waals surface area (Å²) >= 11 is 18.3. The minimum absolute atomic E-state index is 0.0231. The van der Waals surface area contributed by atoms with Crippen LogP contribution in [0.15, 0.2) is 42.5 Å². The van der Waals surface area contributed by atoms with Crippen molar-refractivity contribution in [3.63, 3.8) is 0 Å². The molecule has 0 aromatic heterocycles. The summed E-state index contributed by atoms with van der Waals surface area (Å²) < 4.78 is 26.2. The van der Waals surface area contributed by atoms with E-state index in [2.05, 4.69) is 5.32 Å². The lowest BCUT2D eigenvalue weighted by atomic mass is 10.1. The van der Waals surface area contributed by atoms with Crippen LogP contribution in [0, 0.1) is 0 Å². The van der Waals surface area contributed by atoms with Crippen LogP contribution in [0.5, 0.6) is 0 Å². The molecule has 7 nitrogen and oxygen atoms in total. The van der Waals surface area contributed by atoms with Gasteiger partial charge in [0.15, 0.2) is 0 Å². The van der Waals surface area contributed by atoms with Gasteiger partial charge >= 0.3 is 0 Å². The molecule has 0 heterocycles. The van der Waals surface area contributed by atoms with Gasteiger partial charge in [-0.15, -0.1) is 0 Å². The van der Waals surface area contributed by atoms with E-state index in [1.54, 1.807) is 6.92 Å². The Hall–Kier alpha value is -2.00. The number of hydrogen-bond acceptors (Lipinski definition) is 4. The highest BCUT2D eigenvalue weighted by molar-refractivity contribution is 7.92. The number of nitrogens with zero attached hydrogens (tertiary/aromatic N) is 2. The Morgan fingerprint density at radius 2 is 1.62 bits per heavy atom. The monoisotopic (exact) mass is 547 g/mol. The smallest absolute Gasteiger partial charge is 0.244 e. The van der Waals surface area contributed by atoms with E-state index >= 15 is 0 Å². The molecule has 0 unspecified atom stereocenters. The molecule has 34 heavy (non-hydrogen) atoms. The minimum Gasteiger partial charge on any atom is -0.354 e. The number of carbonyl (C=O) groups is 2. The predicted molar refractivity (Wildman–Crippen MR) is 138 cm³/mol. The van der Waals surface area contributed by atoms with Crippen molar-refractivity contribution in [1.29, 1.82) is 0 Å². The Bertz CT molecular complexity index is 1110. The fourth-order valence-electron chi connectivity index (χ4n) is 3.36. The molecule has 0 spiro atoms. The Labute approximate surface area is 216 Å². The van der Waals surface area contributed by atoms with Crippen LogP contribution in [0.3, 0.4) is 0 Å². The molecule has 0 saturated carbocycles. The van der Waals surface area contributed by atoms with Gasteiger partial charge in [-0.1, -0.05) is 79.0 Å². The first-order chi connectivity index (χ1) is 16.0. The second kappa shape index (κ2) is 12.6. The summed E-state index contributed by atoms with van der Waals surface area (Å²) in [5.74, 6) is -0.859. The van der Waals surface area contributed by atoms with Crippen molar-refractivity contribution >= 4 is 62.3 Å². The molecule has 2 aromatic carbocycles. The van der Waals surface area contributed by atoms with E-state index < -0.39 is 28.5 Å². The van der Waals surface area contributed by atoms with Crippen molar-refractivity contribution in [2.75, 3.05) is 23.7 Å². The highest BCUT2D eigenvalue weighted by Gasteiger charge is 2.32. The topological polar surface area (TPSA) is 86.8 Å². The Morgan fingerprint density at radius 3 is 2.18 bits per heavy atom. The second-order valence-electron chi connectivity index (χ2n) is 7.71. The van der Waals surface area contributed by atoms with E-state index in [1.165, 1.54) is 17.0 Å². The molecule has 0 radical (unpaired) electrons. The molecule has 0 aliphatic rings. The zero-order valence-electron chi connectivity index (χ0n) is 19.2. The summed E-state index contributed by atoms with van der Waals surface area (Å²) in [5.41, 5.74) is 0.825. The van der Waals surface area contributed by atoms with Gasteiger partial charge in [0.2, 0.25) is 21.8 Å². The standard InChI is InChI=1S/C23H28Cl3N3O4S/c1-4-11-27-23(31)20(5-2)28(14-16-9-7-6-8-10-16)22(30)15-29(34(3,32)33)21-13-18(25)17(24)12-19(21)26/h6-10,12-13,20H,4-5,11,14-15H2,1-3H3,(H,27,31)/t20-/m1/s1. The Kier molecular flexibility index (Phi) is 10.5. The molecule has 0 bridgehead atoms. The lowest BCUT2D eigenvalue weighted by Crippen LogP contribution is -2.52. The van der Waals surface area contributed by atoms with Gasteiger partial charge in [-0.05, 0) is 30.5 Å². The Balaban J connectivity index is 2.46. The molecule has 1 N–H and O–H groups in total. The first-order valence-electron chi connectivity index (χ1n) is 10.7. The molecule has 2 aromatic rings. The van der Waals surface area contributed by atoms with E-state index in [9.17, 15) is 18.0 Å². The van der Waals surface area contributed by atoms with Crippen LogP contribution in [-0.2, 0) is 26.2 Å². The normalized spacial score (nSPS) is 12.2. The third-order valence-electron chi connectivity index (χ3n) is 5.07. The molecule has 1 atom stereocenters. The van der Waals surface area contributed by atoms with E-state index in [1.807, 2.05) is 37.3 Å². The van der Waals surface area contributed by atoms with Gasteiger partial charge in [0.1, 0.15) is 12.6 Å². The van der Waals surface area contributed by atoms with Gasteiger partial charge in [-0.3, -0.25) is 13.9 Å². The van der Waals surface area contributed by atoms with E-state index in [-0.39, 0.29) is 33.2 Å². The van der Waals surface area contributed by atoms with Crippen molar-refractivity contribution in [2.45, 2.75) is 39.3 Å². The number of rotatable bonds is 11. The average molecular weight is 549 g/mol. The van der Waals surface area contributed by atoms with Crippen LogP contribution in [-0.4, -0.2) is 50.5 Å². The number of carbonyl (C=O) groups excluding carboxylic acids is 2. The molecule has 11 heteroatoms. The molecule has 2 rings (SSSR count). The number of amides is 2. The average Bonchev–Trinajstić information content (AvgIpc) is 2.78. The number of anilines is 1. The molecule has 0 aliphatic carbocycles.